The van der Waals surface area contributed by atoms with Crippen molar-refractivity contribution in [2.24, 2.45) is 15.4 Å². The van der Waals surface area contributed by atoms with Crippen molar-refractivity contribution < 1.29 is 16.8 Å². The highest BCUT2D eigenvalue weighted by molar-refractivity contribution is 7.90. The van der Waals surface area contributed by atoms with Gasteiger partial charge in [-0.3, -0.25) is 0 Å². The van der Waals surface area contributed by atoms with Crippen LogP contribution in [0.25, 0.3) is 10.4 Å². The van der Waals surface area contributed by atoms with E-state index in [0.717, 1.165) is 6.07 Å². The Morgan fingerprint density at radius 2 is 1.56 bits per heavy atom. The molecule has 98 valence electrons. The van der Waals surface area contributed by atoms with Gasteiger partial charge in [-0.25, -0.2) is 27.1 Å². The molecule has 1 aromatic rings. The molecular formula is C6H8N6O4S2. The number of sulfonamides is 2. The number of hydrogen-bond acceptors (Lipinski definition) is 6. The van der Waals surface area contributed by atoms with Crippen molar-refractivity contribution in [2.75, 3.05) is 5.73 Å². The molecule has 6 N–H and O–H groups in total. The Morgan fingerprint density at radius 1 is 1.06 bits per heavy atom. The molecule has 0 atom stereocenters. The molecule has 0 radical (unpaired) electrons. The first-order valence-electron chi connectivity index (χ1n) is 4.11. The number of primary sulfonamides is 2. The molecule has 18 heavy (non-hydrogen) atoms. The smallest absolute Gasteiger partial charge is 0.240 e. The summed E-state index contributed by atoms with van der Waals surface area (Å²) in [5.41, 5.74) is 12.9. The van der Waals surface area contributed by atoms with Crippen LogP contribution < -0.4 is 16.0 Å². The molecule has 10 nitrogen and oxygen atoms in total. The van der Waals surface area contributed by atoms with Gasteiger partial charge >= 0.3 is 0 Å². The number of anilines is 1. The van der Waals surface area contributed by atoms with Crippen LogP contribution in [0.5, 0.6) is 0 Å². The highest BCUT2D eigenvalue weighted by Crippen LogP contribution is 2.30. The summed E-state index contributed by atoms with van der Waals surface area (Å²) in [5.74, 6) is 0. The Hall–Kier alpha value is -1.85. The minimum absolute atomic E-state index is 0.354. The lowest BCUT2D eigenvalue weighted by Crippen LogP contribution is -2.17. The molecule has 0 aliphatic rings. The van der Waals surface area contributed by atoms with Crippen LogP contribution in [0.3, 0.4) is 0 Å². The fraction of sp³-hybridized carbons (Fsp3) is 0. The number of nitrogens with two attached hydrogens (primary N) is 3. The molecule has 12 heteroatoms. The molecule has 0 bridgehead atoms. The molecule has 0 heterocycles. The van der Waals surface area contributed by atoms with E-state index in [4.69, 9.17) is 21.5 Å². The van der Waals surface area contributed by atoms with E-state index in [9.17, 15) is 16.8 Å². The van der Waals surface area contributed by atoms with E-state index in [1.165, 1.54) is 0 Å². The van der Waals surface area contributed by atoms with Crippen LogP contribution in [0.2, 0.25) is 0 Å². The van der Waals surface area contributed by atoms with Gasteiger partial charge in [0.25, 0.3) is 0 Å². The van der Waals surface area contributed by atoms with Gasteiger partial charge in [-0.15, -0.1) is 0 Å². The first-order valence-corrected chi connectivity index (χ1v) is 7.21. The molecule has 0 fully saturated rings. The van der Waals surface area contributed by atoms with Crippen molar-refractivity contribution in [1.82, 2.24) is 0 Å². The molecule has 1 aromatic carbocycles. The van der Waals surface area contributed by atoms with E-state index in [0.29, 0.717) is 6.07 Å². The maximum Gasteiger partial charge on any atom is 0.240 e. The van der Waals surface area contributed by atoms with Gasteiger partial charge in [-0.05, 0) is 17.7 Å². The molecule has 0 amide bonds. The summed E-state index contributed by atoms with van der Waals surface area (Å²) in [6.45, 7) is 0. The fourth-order valence-corrected chi connectivity index (χ4v) is 2.58. The Bertz CT molecular complexity index is 747. The highest BCUT2D eigenvalue weighted by Gasteiger charge is 2.21. The summed E-state index contributed by atoms with van der Waals surface area (Å²) in [7, 11) is -8.52. The van der Waals surface area contributed by atoms with Crippen molar-refractivity contribution in [3.8, 4) is 0 Å². The summed E-state index contributed by atoms with van der Waals surface area (Å²) < 4.78 is 44.8. The van der Waals surface area contributed by atoms with Crippen molar-refractivity contribution in [2.45, 2.75) is 9.79 Å². The maximum atomic E-state index is 11.2. The second-order valence-electron chi connectivity index (χ2n) is 3.14. The third kappa shape index (κ3) is 2.88. The molecule has 0 saturated carbocycles. The summed E-state index contributed by atoms with van der Waals surface area (Å²) in [6.07, 6.45) is 0. The van der Waals surface area contributed by atoms with Gasteiger partial charge < -0.3 is 5.73 Å². The molecule has 0 aromatic heterocycles. The van der Waals surface area contributed by atoms with Gasteiger partial charge in [0, 0.05) is 4.91 Å². The fourth-order valence-electron chi connectivity index (χ4n) is 1.17. The standard InChI is InChI=1S/C6H8N6O4S2/c7-3-1-4(11-12-8)6(18(10,15)16)2-5(3)17(9,13)14/h1-2H,7H2,(H2,9,13,14)(H2,10,15,16). The number of nitrogens with zero attached hydrogens (tertiary/aromatic N) is 3. The van der Waals surface area contributed by atoms with Crippen LogP contribution in [0, 0.1) is 0 Å². The van der Waals surface area contributed by atoms with Crippen LogP contribution in [0.15, 0.2) is 27.0 Å². The van der Waals surface area contributed by atoms with E-state index in [1.54, 1.807) is 0 Å². The molecule has 0 unspecified atom stereocenters. The van der Waals surface area contributed by atoms with Crippen LogP contribution in [0.4, 0.5) is 11.4 Å². The number of hydrogen-bond donors (Lipinski definition) is 3. The third-order valence-electron chi connectivity index (χ3n) is 1.86. The van der Waals surface area contributed by atoms with Crippen molar-refractivity contribution in [3.63, 3.8) is 0 Å². The Balaban J connectivity index is 3.84. The number of benzene rings is 1. The molecule has 0 aliphatic carbocycles. The molecule has 0 spiro atoms. The van der Waals surface area contributed by atoms with Gasteiger partial charge in [-0.2, -0.15) is 0 Å². The Labute approximate surface area is 102 Å². The lowest BCUT2D eigenvalue weighted by molar-refractivity contribution is 0.596. The summed E-state index contributed by atoms with van der Waals surface area (Å²) >= 11 is 0. The molecule has 0 saturated heterocycles. The molecule has 1 rings (SSSR count). The molecule has 0 aliphatic heterocycles. The molecular weight excluding hydrogens is 284 g/mol. The van der Waals surface area contributed by atoms with Crippen LogP contribution >= 0.6 is 0 Å². The lowest BCUT2D eigenvalue weighted by Gasteiger charge is -2.08. The zero-order valence-electron chi connectivity index (χ0n) is 8.68. The first kappa shape index (κ1) is 14.2. The zero-order valence-corrected chi connectivity index (χ0v) is 10.3. The minimum atomic E-state index is -4.30. The predicted octanol–water partition coefficient (Wildman–Crippen LogP) is -0.495. The Morgan fingerprint density at radius 3 is 1.94 bits per heavy atom. The van der Waals surface area contributed by atoms with E-state index in [1.807, 2.05) is 0 Å². The lowest BCUT2D eigenvalue weighted by atomic mass is 10.3. The SMILES string of the molecule is [N-]=[N+]=Nc1cc(N)c(S(N)(=O)=O)cc1S(N)(=O)=O. The number of azide groups is 1. The van der Waals surface area contributed by atoms with Gasteiger partial charge in [-0.1, -0.05) is 5.11 Å². The summed E-state index contributed by atoms with van der Waals surface area (Å²) in [4.78, 5) is 1.08. The van der Waals surface area contributed by atoms with Gasteiger partial charge in [0.15, 0.2) is 0 Å². The summed E-state index contributed by atoms with van der Waals surface area (Å²) in [5, 5.41) is 12.8. The van der Waals surface area contributed by atoms with Crippen molar-refractivity contribution in [3.05, 3.63) is 22.6 Å². The second-order valence-corrected chi connectivity index (χ2v) is 6.20. The topological polar surface area (TPSA) is 195 Å². The maximum absolute atomic E-state index is 11.2. The van der Waals surface area contributed by atoms with Crippen molar-refractivity contribution in [1.29, 1.82) is 0 Å². The van der Waals surface area contributed by atoms with Crippen LogP contribution in [-0.4, -0.2) is 16.8 Å². The number of rotatable bonds is 3. The van der Waals surface area contributed by atoms with Gasteiger partial charge in [0.2, 0.25) is 20.0 Å². The zero-order chi connectivity index (χ0) is 14.1. The predicted molar refractivity (Wildman–Crippen MR) is 62.4 cm³/mol. The average molecular weight is 292 g/mol. The first-order chi connectivity index (χ1) is 8.07. The average Bonchev–Trinajstić information content (AvgIpc) is 2.13. The van der Waals surface area contributed by atoms with E-state index >= 15 is 0 Å². The quantitative estimate of drug-likeness (QED) is 0.292. The normalized spacial score (nSPS) is 11.9. The van der Waals surface area contributed by atoms with Crippen molar-refractivity contribution >= 4 is 31.4 Å². The van der Waals surface area contributed by atoms with E-state index in [2.05, 4.69) is 10.0 Å². The van der Waals surface area contributed by atoms with Crippen LogP contribution in [0.1, 0.15) is 0 Å². The monoisotopic (exact) mass is 292 g/mol. The van der Waals surface area contributed by atoms with E-state index < -0.39 is 35.5 Å². The third-order valence-corrected chi connectivity index (χ3v) is 3.76. The Kier molecular flexibility index (Phi) is 3.50. The number of nitrogen functional groups attached to an aromatic ring is 1. The largest absolute Gasteiger partial charge is 0.398 e. The minimum Gasteiger partial charge on any atom is -0.398 e. The van der Waals surface area contributed by atoms with E-state index in [-0.39, 0.29) is 5.69 Å². The second kappa shape index (κ2) is 4.44. The van der Waals surface area contributed by atoms with Gasteiger partial charge in [0.05, 0.1) is 16.3 Å². The summed E-state index contributed by atoms with van der Waals surface area (Å²) in [6, 6.07) is 1.50. The highest BCUT2D eigenvalue weighted by atomic mass is 32.2. The van der Waals surface area contributed by atoms with Gasteiger partial charge in [0.1, 0.15) is 4.90 Å². The van der Waals surface area contributed by atoms with Crippen LogP contribution in [-0.2, 0) is 20.0 Å².